The van der Waals surface area contributed by atoms with Crippen LogP contribution in [0, 0.1) is 0 Å². The first kappa shape index (κ1) is 11.4. The Labute approximate surface area is 83.3 Å². The van der Waals surface area contributed by atoms with Gasteiger partial charge >= 0.3 is 5.97 Å². The number of aliphatic carboxylic acids is 1. The highest BCUT2D eigenvalue weighted by Gasteiger charge is 2.36. The SMILES string of the molecule is CCCN1CCN(CC(=O)O)S1(=O)=O. The Bertz CT molecular complexity index is 314. The topological polar surface area (TPSA) is 77.9 Å². The number of nitrogens with zero attached hydrogens (tertiary/aromatic N) is 2. The van der Waals surface area contributed by atoms with Gasteiger partial charge in [0.05, 0.1) is 0 Å². The lowest BCUT2D eigenvalue weighted by Gasteiger charge is -2.16. The number of rotatable bonds is 4. The van der Waals surface area contributed by atoms with E-state index in [1.165, 1.54) is 4.31 Å². The van der Waals surface area contributed by atoms with Crippen molar-refractivity contribution in [2.75, 3.05) is 26.2 Å². The Morgan fingerprint density at radius 1 is 1.36 bits per heavy atom. The minimum atomic E-state index is -3.50. The van der Waals surface area contributed by atoms with Crippen molar-refractivity contribution in [3.63, 3.8) is 0 Å². The smallest absolute Gasteiger partial charge is 0.318 e. The Balaban J connectivity index is 2.71. The van der Waals surface area contributed by atoms with Crippen LogP contribution in [0.3, 0.4) is 0 Å². The van der Waals surface area contributed by atoms with Crippen LogP contribution in [0.15, 0.2) is 0 Å². The molecule has 1 rings (SSSR count). The molecule has 0 saturated carbocycles. The summed E-state index contributed by atoms with van der Waals surface area (Å²) >= 11 is 0. The molecule has 0 radical (unpaired) electrons. The predicted octanol–water partition coefficient (Wildman–Crippen LogP) is -0.657. The van der Waals surface area contributed by atoms with Crippen LogP contribution in [-0.2, 0) is 15.0 Å². The maximum atomic E-state index is 11.6. The Morgan fingerprint density at radius 2 is 1.93 bits per heavy atom. The first-order valence-electron chi connectivity index (χ1n) is 4.45. The average molecular weight is 222 g/mol. The van der Waals surface area contributed by atoms with Gasteiger partial charge in [-0.3, -0.25) is 4.79 Å². The highest BCUT2D eigenvalue weighted by Crippen LogP contribution is 2.15. The van der Waals surface area contributed by atoms with Crippen LogP contribution < -0.4 is 0 Å². The fraction of sp³-hybridized carbons (Fsp3) is 0.857. The van der Waals surface area contributed by atoms with Gasteiger partial charge < -0.3 is 5.11 Å². The van der Waals surface area contributed by atoms with Gasteiger partial charge in [-0.25, -0.2) is 0 Å². The van der Waals surface area contributed by atoms with Crippen molar-refractivity contribution >= 4 is 16.2 Å². The second kappa shape index (κ2) is 4.24. The van der Waals surface area contributed by atoms with Crippen LogP contribution >= 0.6 is 0 Å². The molecule has 1 N–H and O–H groups in total. The van der Waals surface area contributed by atoms with Crippen molar-refractivity contribution in [1.82, 2.24) is 8.61 Å². The van der Waals surface area contributed by atoms with Crippen molar-refractivity contribution < 1.29 is 18.3 Å². The van der Waals surface area contributed by atoms with Crippen molar-refractivity contribution in [3.05, 3.63) is 0 Å². The largest absolute Gasteiger partial charge is 0.480 e. The third kappa shape index (κ3) is 2.23. The lowest BCUT2D eigenvalue weighted by molar-refractivity contribution is -0.137. The molecule has 0 bridgehead atoms. The van der Waals surface area contributed by atoms with Gasteiger partial charge in [0.15, 0.2) is 0 Å². The van der Waals surface area contributed by atoms with Crippen LogP contribution in [0.2, 0.25) is 0 Å². The van der Waals surface area contributed by atoms with Gasteiger partial charge in [-0.2, -0.15) is 17.0 Å². The molecule has 0 aromatic heterocycles. The molecule has 1 fully saturated rings. The molecular formula is C7H14N2O4S. The van der Waals surface area contributed by atoms with E-state index in [9.17, 15) is 13.2 Å². The van der Waals surface area contributed by atoms with Crippen molar-refractivity contribution in [1.29, 1.82) is 0 Å². The van der Waals surface area contributed by atoms with E-state index in [1.54, 1.807) is 0 Å². The van der Waals surface area contributed by atoms with Gasteiger partial charge in [0.25, 0.3) is 10.2 Å². The summed E-state index contributed by atoms with van der Waals surface area (Å²) in [5.41, 5.74) is 0. The van der Waals surface area contributed by atoms with Crippen molar-refractivity contribution in [2.24, 2.45) is 0 Å². The number of carboxylic acids is 1. The lowest BCUT2D eigenvalue weighted by Crippen LogP contribution is -2.36. The fourth-order valence-corrected chi connectivity index (χ4v) is 3.04. The minimum Gasteiger partial charge on any atom is -0.480 e. The quantitative estimate of drug-likeness (QED) is 0.685. The zero-order valence-electron chi connectivity index (χ0n) is 8.01. The van der Waals surface area contributed by atoms with Gasteiger partial charge in [-0.15, -0.1) is 0 Å². The van der Waals surface area contributed by atoms with Crippen LogP contribution in [0.1, 0.15) is 13.3 Å². The normalized spacial score (nSPS) is 22.6. The summed E-state index contributed by atoms with van der Waals surface area (Å²) in [6.07, 6.45) is 0.736. The van der Waals surface area contributed by atoms with E-state index in [0.717, 1.165) is 10.7 Å². The monoisotopic (exact) mass is 222 g/mol. The molecular weight excluding hydrogens is 208 g/mol. The summed E-state index contributed by atoms with van der Waals surface area (Å²) in [5.74, 6) is -1.12. The van der Waals surface area contributed by atoms with Gasteiger partial charge in [-0.1, -0.05) is 6.92 Å². The van der Waals surface area contributed by atoms with E-state index in [4.69, 9.17) is 5.11 Å². The highest BCUT2D eigenvalue weighted by atomic mass is 32.2. The maximum Gasteiger partial charge on any atom is 0.318 e. The average Bonchev–Trinajstić information content (AvgIpc) is 2.31. The number of carboxylic acid groups (broad SMARTS) is 1. The van der Waals surface area contributed by atoms with E-state index in [1.807, 2.05) is 6.92 Å². The van der Waals surface area contributed by atoms with Crippen molar-refractivity contribution in [2.45, 2.75) is 13.3 Å². The van der Waals surface area contributed by atoms with Crippen LogP contribution in [-0.4, -0.2) is 54.3 Å². The lowest BCUT2D eigenvalue weighted by atomic mass is 10.4. The second-order valence-corrected chi connectivity index (χ2v) is 5.06. The molecule has 0 aliphatic carbocycles. The number of hydrogen-bond acceptors (Lipinski definition) is 3. The van der Waals surface area contributed by atoms with Crippen LogP contribution in [0.5, 0.6) is 0 Å². The van der Waals surface area contributed by atoms with E-state index >= 15 is 0 Å². The summed E-state index contributed by atoms with van der Waals surface area (Å²) < 4.78 is 25.5. The van der Waals surface area contributed by atoms with E-state index in [2.05, 4.69) is 0 Å². The molecule has 1 aliphatic heterocycles. The molecule has 1 heterocycles. The number of carbonyl (C=O) groups is 1. The number of hydrogen-bond donors (Lipinski definition) is 1. The molecule has 6 nitrogen and oxygen atoms in total. The molecule has 0 atom stereocenters. The first-order valence-corrected chi connectivity index (χ1v) is 5.85. The summed E-state index contributed by atoms with van der Waals surface area (Å²) in [6, 6.07) is 0. The molecule has 0 spiro atoms. The summed E-state index contributed by atoms with van der Waals surface area (Å²) in [7, 11) is -3.50. The molecule has 0 aromatic rings. The fourth-order valence-electron chi connectivity index (χ4n) is 1.41. The Hall–Kier alpha value is -0.660. The van der Waals surface area contributed by atoms with Gasteiger partial charge in [0.1, 0.15) is 6.54 Å². The molecule has 0 aromatic carbocycles. The Morgan fingerprint density at radius 3 is 2.43 bits per heavy atom. The second-order valence-electron chi connectivity index (χ2n) is 3.13. The molecule has 0 unspecified atom stereocenters. The standard InChI is InChI=1S/C7H14N2O4S/c1-2-3-8-4-5-9(6-7(10)11)14(8,12)13/h2-6H2,1H3,(H,10,11). The van der Waals surface area contributed by atoms with Gasteiger partial charge in [0, 0.05) is 19.6 Å². The zero-order valence-corrected chi connectivity index (χ0v) is 8.83. The van der Waals surface area contributed by atoms with Crippen LogP contribution in [0.25, 0.3) is 0 Å². The third-order valence-electron chi connectivity index (χ3n) is 2.04. The molecule has 7 heteroatoms. The zero-order chi connectivity index (χ0) is 10.8. The minimum absolute atomic E-state index is 0.272. The van der Waals surface area contributed by atoms with Gasteiger partial charge in [0.2, 0.25) is 0 Å². The maximum absolute atomic E-state index is 11.6. The Kier molecular flexibility index (Phi) is 3.46. The molecule has 1 aliphatic rings. The van der Waals surface area contributed by atoms with Gasteiger partial charge in [-0.05, 0) is 6.42 Å². The highest BCUT2D eigenvalue weighted by molar-refractivity contribution is 7.87. The van der Waals surface area contributed by atoms with E-state index < -0.39 is 22.7 Å². The molecule has 1 saturated heterocycles. The van der Waals surface area contributed by atoms with Crippen molar-refractivity contribution in [3.8, 4) is 0 Å². The molecule has 14 heavy (non-hydrogen) atoms. The predicted molar refractivity (Wildman–Crippen MR) is 50.0 cm³/mol. The third-order valence-corrected chi connectivity index (χ3v) is 4.02. The summed E-state index contributed by atoms with van der Waals surface area (Å²) in [4.78, 5) is 10.4. The first-order chi connectivity index (χ1) is 6.48. The molecule has 82 valence electrons. The van der Waals surface area contributed by atoms with E-state index in [0.29, 0.717) is 13.1 Å². The van der Waals surface area contributed by atoms with Crippen LogP contribution in [0.4, 0.5) is 0 Å². The van der Waals surface area contributed by atoms with E-state index in [-0.39, 0.29) is 6.54 Å². The summed E-state index contributed by atoms with van der Waals surface area (Å²) in [5, 5.41) is 8.50. The summed E-state index contributed by atoms with van der Waals surface area (Å²) in [6.45, 7) is 2.56. The molecule has 0 amide bonds.